The average Bonchev–Trinajstić information content (AvgIpc) is 3.34. The fourth-order valence-corrected chi connectivity index (χ4v) is 4.09. The van der Waals surface area contributed by atoms with E-state index in [0.717, 1.165) is 17.7 Å². The van der Waals surface area contributed by atoms with Crippen LogP contribution < -0.4 is 10.6 Å². The highest BCUT2D eigenvalue weighted by atomic mass is 19.4. The molecule has 0 unspecified atom stereocenters. The summed E-state index contributed by atoms with van der Waals surface area (Å²) in [6.07, 6.45) is -7.31. The molecule has 14 heteroatoms. The maximum atomic E-state index is 13.0. The van der Waals surface area contributed by atoms with Crippen LogP contribution in [0.5, 0.6) is 0 Å². The zero-order valence-corrected chi connectivity index (χ0v) is 21.4. The largest absolute Gasteiger partial charge is 0.490 e. The molecule has 3 aromatic rings. The van der Waals surface area contributed by atoms with Gasteiger partial charge in [-0.15, -0.1) is 0 Å². The molecule has 4 N–H and O–H groups in total. The molecule has 0 saturated heterocycles. The second kappa shape index (κ2) is 13.6. The molecule has 1 aliphatic rings. The third-order valence-corrected chi connectivity index (χ3v) is 6.23. The van der Waals surface area contributed by atoms with Crippen LogP contribution in [0.4, 0.5) is 26.3 Å². The summed E-state index contributed by atoms with van der Waals surface area (Å²) in [6.45, 7) is 0.765. The van der Waals surface area contributed by atoms with E-state index in [2.05, 4.69) is 15.8 Å². The third-order valence-electron chi connectivity index (χ3n) is 6.23. The van der Waals surface area contributed by atoms with Gasteiger partial charge in [-0.3, -0.25) is 4.79 Å². The summed E-state index contributed by atoms with van der Waals surface area (Å²) in [5, 5.41) is 27.0. The summed E-state index contributed by atoms with van der Waals surface area (Å²) < 4.78 is 76.1. The van der Waals surface area contributed by atoms with Crippen molar-refractivity contribution in [1.82, 2.24) is 15.8 Å². The number of aromatic nitrogens is 1. The Morgan fingerprint density at radius 1 is 0.902 bits per heavy atom. The van der Waals surface area contributed by atoms with Crippen molar-refractivity contribution in [3.8, 4) is 11.3 Å². The number of aliphatic hydroxyl groups excluding tert-OH is 1. The number of hydrogen-bond donors (Lipinski definition) is 4. The number of nitrogens with one attached hydrogen (secondary N) is 2. The number of carbonyl (C=O) groups is 2. The van der Waals surface area contributed by atoms with Crippen molar-refractivity contribution in [2.45, 2.75) is 63.3 Å². The highest BCUT2D eigenvalue weighted by Crippen LogP contribution is 2.33. The number of rotatable bonds is 7. The van der Waals surface area contributed by atoms with Crippen LogP contribution >= 0.6 is 0 Å². The SMILES string of the molecule is O=C(NC1CCC(O)CC1)c1noc(-c2ccc(C(F)(F)F)cc2)c1CNCc1ccccc1.O=C(O)C(F)(F)F. The number of hydrogen-bond acceptors (Lipinski definition) is 6. The Kier molecular flexibility index (Phi) is 10.5. The number of aliphatic hydroxyl groups is 1. The molecule has 1 saturated carbocycles. The first-order valence-electron chi connectivity index (χ1n) is 12.5. The highest BCUT2D eigenvalue weighted by Gasteiger charge is 2.38. The van der Waals surface area contributed by atoms with E-state index in [4.69, 9.17) is 14.4 Å². The molecular weight excluding hydrogens is 560 g/mol. The second-order valence-electron chi connectivity index (χ2n) is 9.28. The molecule has 1 heterocycles. The molecule has 1 aromatic heterocycles. The lowest BCUT2D eigenvalue weighted by Crippen LogP contribution is -2.39. The molecule has 0 atom stereocenters. The minimum absolute atomic E-state index is 0.0766. The minimum atomic E-state index is -5.08. The molecule has 1 amide bonds. The second-order valence-corrected chi connectivity index (χ2v) is 9.28. The van der Waals surface area contributed by atoms with E-state index >= 15 is 0 Å². The Bertz CT molecular complexity index is 1290. The summed E-state index contributed by atoms with van der Waals surface area (Å²) in [4.78, 5) is 21.9. The minimum Gasteiger partial charge on any atom is -0.475 e. The van der Waals surface area contributed by atoms with Crippen LogP contribution in [0.25, 0.3) is 11.3 Å². The van der Waals surface area contributed by atoms with E-state index in [9.17, 15) is 36.2 Å². The molecule has 2 aromatic carbocycles. The maximum absolute atomic E-state index is 13.0. The lowest BCUT2D eigenvalue weighted by atomic mass is 9.93. The molecule has 222 valence electrons. The van der Waals surface area contributed by atoms with Crippen LogP contribution in [-0.4, -0.2) is 45.6 Å². The normalized spacial score (nSPS) is 17.3. The van der Waals surface area contributed by atoms with E-state index in [1.165, 1.54) is 12.1 Å². The molecular formula is C27H27F6N3O5. The topological polar surface area (TPSA) is 125 Å². The van der Waals surface area contributed by atoms with Gasteiger partial charge in [-0.05, 0) is 43.4 Å². The first-order chi connectivity index (χ1) is 19.3. The molecule has 0 bridgehead atoms. The van der Waals surface area contributed by atoms with E-state index in [1.54, 1.807) is 0 Å². The van der Waals surface area contributed by atoms with Crippen molar-refractivity contribution in [1.29, 1.82) is 0 Å². The summed E-state index contributed by atoms with van der Waals surface area (Å²) in [5.74, 6) is -2.91. The number of benzene rings is 2. The zero-order chi connectivity index (χ0) is 30.2. The van der Waals surface area contributed by atoms with Gasteiger partial charge in [0.15, 0.2) is 11.5 Å². The van der Waals surface area contributed by atoms with Crippen LogP contribution in [-0.2, 0) is 24.1 Å². The van der Waals surface area contributed by atoms with Gasteiger partial charge in [-0.1, -0.05) is 47.6 Å². The summed E-state index contributed by atoms with van der Waals surface area (Å²) in [6, 6.07) is 14.2. The number of carbonyl (C=O) groups excluding carboxylic acids is 1. The Morgan fingerprint density at radius 2 is 1.49 bits per heavy atom. The van der Waals surface area contributed by atoms with Crippen molar-refractivity contribution in [3.63, 3.8) is 0 Å². The van der Waals surface area contributed by atoms with Crippen molar-refractivity contribution < 1.29 is 50.7 Å². The summed E-state index contributed by atoms with van der Waals surface area (Å²) >= 11 is 0. The molecule has 0 spiro atoms. The monoisotopic (exact) mass is 587 g/mol. The first-order valence-corrected chi connectivity index (χ1v) is 12.5. The fourth-order valence-electron chi connectivity index (χ4n) is 4.09. The number of alkyl halides is 6. The van der Waals surface area contributed by atoms with Gasteiger partial charge < -0.3 is 25.4 Å². The van der Waals surface area contributed by atoms with Crippen molar-refractivity contribution in [2.24, 2.45) is 0 Å². The quantitative estimate of drug-likeness (QED) is 0.276. The van der Waals surface area contributed by atoms with Crippen LogP contribution in [0.15, 0.2) is 59.1 Å². The van der Waals surface area contributed by atoms with Crippen LogP contribution in [0.2, 0.25) is 0 Å². The van der Waals surface area contributed by atoms with Gasteiger partial charge in [-0.25, -0.2) is 4.79 Å². The summed E-state index contributed by atoms with van der Waals surface area (Å²) in [5.41, 5.74) is 1.25. The number of carboxylic acid groups (broad SMARTS) is 1. The van der Waals surface area contributed by atoms with Gasteiger partial charge in [0.1, 0.15) is 0 Å². The number of amides is 1. The first kappa shape index (κ1) is 31.6. The predicted octanol–water partition coefficient (Wildman–Crippen LogP) is 5.32. The van der Waals surface area contributed by atoms with Gasteiger partial charge in [0, 0.05) is 30.3 Å². The smallest absolute Gasteiger partial charge is 0.475 e. The Hall–Kier alpha value is -3.91. The van der Waals surface area contributed by atoms with Gasteiger partial charge in [-0.2, -0.15) is 26.3 Å². The standard InChI is InChI=1S/C25H26F3N3O3.C2HF3O2/c26-25(27,28)18-8-6-17(7-9-18)23-21(15-29-14-16-4-2-1-3-5-16)22(31-34-23)24(33)30-19-10-12-20(32)13-11-19;3-2(4,5)1(6)7/h1-9,19-20,29,32H,10-15H2,(H,30,33);(H,6,7). The third kappa shape index (κ3) is 9.32. The number of nitrogens with zero attached hydrogens (tertiary/aromatic N) is 1. The Morgan fingerprint density at radius 3 is 2.02 bits per heavy atom. The number of aliphatic carboxylic acids is 1. The molecule has 4 rings (SSSR count). The van der Waals surface area contributed by atoms with Gasteiger partial charge in [0.2, 0.25) is 0 Å². The van der Waals surface area contributed by atoms with Crippen molar-refractivity contribution in [2.75, 3.05) is 0 Å². The van der Waals surface area contributed by atoms with E-state index in [-0.39, 0.29) is 30.1 Å². The van der Waals surface area contributed by atoms with Crippen molar-refractivity contribution in [3.05, 3.63) is 77.0 Å². The van der Waals surface area contributed by atoms with Crippen LogP contribution in [0, 0.1) is 0 Å². The molecule has 1 fully saturated rings. The van der Waals surface area contributed by atoms with E-state index in [1.807, 2.05) is 30.3 Å². The zero-order valence-electron chi connectivity index (χ0n) is 21.4. The summed E-state index contributed by atoms with van der Waals surface area (Å²) in [7, 11) is 0. The predicted molar refractivity (Wildman–Crippen MR) is 133 cm³/mol. The van der Waals surface area contributed by atoms with Crippen molar-refractivity contribution >= 4 is 11.9 Å². The lowest BCUT2D eigenvalue weighted by Gasteiger charge is -2.25. The van der Waals surface area contributed by atoms with Gasteiger partial charge in [0.25, 0.3) is 5.91 Å². The molecule has 8 nitrogen and oxygen atoms in total. The van der Waals surface area contributed by atoms with E-state index < -0.39 is 29.8 Å². The number of halogens is 6. The Labute approximate surface area is 230 Å². The number of carboxylic acids is 1. The maximum Gasteiger partial charge on any atom is 0.490 e. The average molecular weight is 588 g/mol. The Balaban J connectivity index is 0.000000587. The van der Waals surface area contributed by atoms with Crippen LogP contribution in [0.1, 0.15) is 52.9 Å². The van der Waals surface area contributed by atoms with Gasteiger partial charge in [0.05, 0.1) is 11.7 Å². The molecule has 0 radical (unpaired) electrons. The van der Waals surface area contributed by atoms with Gasteiger partial charge >= 0.3 is 18.3 Å². The molecule has 0 aliphatic heterocycles. The fraction of sp³-hybridized carbons (Fsp3) is 0.370. The molecule has 1 aliphatic carbocycles. The van der Waals surface area contributed by atoms with Crippen LogP contribution in [0.3, 0.4) is 0 Å². The lowest BCUT2D eigenvalue weighted by molar-refractivity contribution is -0.192. The van der Waals surface area contributed by atoms with E-state index in [0.29, 0.717) is 43.4 Å². The highest BCUT2D eigenvalue weighted by molar-refractivity contribution is 5.95. The molecule has 41 heavy (non-hydrogen) atoms.